The maximum absolute atomic E-state index is 9.29. The molecule has 4 heteroatoms. The number of ether oxygens (including phenoxy) is 3. The molecule has 3 bridgehead atoms. The van der Waals surface area contributed by atoms with Crippen LogP contribution in [0.4, 0.5) is 0 Å². The molecule has 1 N–H and O–H groups in total. The quantitative estimate of drug-likeness (QED) is 0.720. The van der Waals surface area contributed by atoms with Crippen molar-refractivity contribution in [1.29, 1.82) is 0 Å². The Labute approximate surface area is 162 Å². The van der Waals surface area contributed by atoms with Crippen molar-refractivity contribution in [2.75, 3.05) is 26.9 Å². The highest BCUT2D eigenvalue weighted by atomic mass is 16.5. The fourth-order valence-electron chi connectivity index (χ4n) is 5.89. The van der Waals surface area contributed by atoms with Gasteiger partial charge in [0.1, 0.15) is 11.5 Å². The van der Waals surface area contributed by atoms with Gasteiger partial charge < -0.3 is 19.3 Å². The molecule has 0 amide bonds. The molecule has 0 saturated heterocycles. The van der Waals surface area contributed by atoms with Crippen LogP contribution in [0, 0.1) is 17.8 Å². The summed E-state index contributed by atoms with van der Waals surface area (Å²) >= 11 is 0. The highest BCUT2D eigenvalue weighted by molar-refractivity contribution is 5.65. The van der Waals surface area contributed by atoms with Crippen molar-refractivity contribution >= 4 is 5.76 Å². The molecule has 4 atom stereocenters. The Morgan fingerprint density at radius 1 is 1.26 bits per heavy atom. The van der Waals surface area contributed by atoms with Gasteiger partial charge in [0.2, 0.25) is 0 Å². The van der Waals surface area contributed by atoms with E-state index in [9.17, 15) is 5.11 Å². The van der Waals surface area contributed by atoms with E-state index in [1.807, 2.05) is 19.1 Å². The van der Waals surface area contributed by atoms with E-state index >= 15 is 0 Å². The number of benzene rings is 1. The summed E-state index contributed by atoms with van der Waals surface area (Å²) < 4.78 is 18.0. The maximum Gasteiger partial charge on any atom is 0.125 e. The Kier molecular flexibility index (Phi) is 5.47. The number of rotatable bonds is 7. The van der Waals surface area contributed by atoms with E-state index in [1.165, 1.54) is 31.3 Å². The zero-order valence-corrected chi connectivity index (χ0v) is 16.6. The van der Waals surface area contributed by atoms with Crippen molar-refractivity contribution in [2.24, 2.45) is 17.8 Å². The number of hydrogen-bond donors (Lipinski definition) is 1. The summed E-state index contributed by atoms with van der Waals surface area (Å²) in [6, 6.07) is 8.27. The molecule has 148 valence electrons. The number of aliphatic hydroxyl groups excluding tert-OH is 1. The SMILES string of the molecule is CCOc1cccc(C(OC)=C2CC3CCC4CC2CC3(OCCO)C4)c1. The van der Waals surface area contributed by atoms with E-state index in [0.717, 1.165) is 35.8 Å². The molecule has 1 aromatic carbocycles. The van der Waals surface area contributed by atoms with Crippen LogP contribution in [0.1, 0.15) is 51.0 Å². The van der Waals surface area contributed by atoms with Crippen molar-refractivity contribution in [3.63, 3.8) is 0 Å². The Hall–Kier alpha value is -1.52. The normalized spacial score (nSPS) is 33.7. The zero-order chi connectivity index (χ0) is 18.9. The summed E-state index contributed by atoms with van der Waals surface area (Å²) in [6.07, 6.45) is 7.07. The molecule has 3 fully saturated rings. The van der Waals surface area contributed by atoms with E-state index in [4.69, 9.17) is 14.2 Å². The molecule has 0 radical (unpaired) electrons. The minimum atomic E-state index is -0.0237. The second-order valence-corrected chi connectivity index (χ2v) is 8.34. The highest BCUT2D eigenvalue weighted by Crippen LogP contribution is 2.59. The van der Waals surface area contributed by atoms with Crippen LogP contribution in [0.5, 0.6) is 5.75 Å². The number of hydrogen-bond acceptors (Lipinski definition) is 4. The van der Waals surface area contributed by atoms with E-state index in [1.54, 1.807) is 7.11 Å². The standard InChI is InChI=1S/C23H32O4/c1-3-26-20-6-4-5-17(12-20)22(25-2)21-13-19-8-7-16-11-18(21)15-23(19,14-16)27-10-9-24/h4-6,12,16,18-19,24H,3,7-11,13-15H2,1-2H3. The minimum absolute atomic E-state index is 0.0237. The van der Waals surface area contributed by atoms with Crippen LogP contribution in [-0.2, 0) is 9.47 Å². The third kappa shape index (κ3) is 3.50. The largest absolute Gasteiger partial charge is 0.496 e. The molecule has 0 spiro atoms. The van der Waals surface area contributed by atoms with Gasteiger partial charge in [-0.25, -0.2) is 0 Å². The van der Waals surface area contributed by atoms with Crippen LogP contribution in [-0.4, -0.2) is 37.6 Å². The predicted octanol–water partition coefficient (Wildman–Crippen LogP) is 4.42. The van der Waals surface area contributed by atoms with Gasteiger partial charge in [-0.1, -0.05) is 12.1 Å². The third-order valence-electron chi connectivity index (χ3n) is 6.85. The molecule has 1 aromatic rings. The lowest BCUT2D eigenvalue weighted by Gasteiger charge is -2.57. The molecule has 0 aromatic heterocycles. The van der Waals surface area contributed by atoms with Gasteiger partial charge in [0.25, 0.3) is 0 Å². The second-order valence-electron chi connectivity index (χ2n) is 8.34. The summed E-state index contributed by atoms with van der Waals surface area (Å²) in [7, 11) is 1.79. The second kappa shape index (κ2) is 7.84. The molecular weight excluding hydrogens is 340 g/mol. The maximum atomic E-state index is 9.29. The van der Waals surface area contributed by atoms with Crippen LogP contribution < -0.4 is 4.74 Å². The Morgan fingerprint density at radius 3 is 2.93 bits per heavy atom. The van der Waals surface area contributed by atoms with Gasteiger partial charge in [0, 0.05) is 5.56 Å². The van der Waals surface area contributed by atoms with Gasteiger partial charge in [0.15, 0.2) is 0 Å². The molecule has 4 unspecified atom stereocenters. The van der Waals surface area contributed by atoms with Gasteiger partial charge in [-0.15, -0.1) is 0 Å². The van der Waals surface area contributed by atoms with Crippen LogP contribution in [0.25, 0.3) is 5.76 Å². The van der Waals surface area contributed by atoms with Crippen molar-refractivity contribution in [3.8, 4) is 5.75 Å². The first kappa shape index (κ1) is 18.8. The van der Waals surface area contributed by atoms with Crippen molar-refractivity contribution in [1.82, 2.24) is 0 Å². The molecule has 0 heterocycles. The number of aliphatic hydroxyl groups is 1. The fraction of sp³-hybridized carbons (Fsp3) is 0.652. The van der Waals surface area contributed by atoms with Crippen LogP contribution in [0.2, 0.25) is 0 Å². The summed E-state index contributed by atoms with van der Waals surface area (Å²) in [5.41, 5.74) is 2.55. The van der Waals surface area contributed by atoms with Crippen molar-refractivity contribution < 1.29 is 19.3 Å². The summed E-state index contributed by atoms with van der Waals surface area (Å²) in [5.74, 6) is 3.72. The molecule has 0 aliphatic heterocycles. The van der Waals surface area contributed by atoms with Gasteiger partial charge in [-0.3, -0.25) is 0 Å². The Balaban J connectivity index is 1.68. The fourth-order valence-corrected chi connectivity index (χ4v) is 5.89. The topological polar surface area (TPSA) is 47.9 Å². The molecule has 3 aliphatic rings. The van der Waals surface area contributed by atoms with E-state index in [0.29, 0.717) is 25.0 Å². The lowest BCUT2D eigenvalue weighted by atomic mass is 9.53. The average Bonchev–Trinajstić information content (AvgIpc) is 2.67. The Bertz CT molecular complexity index is 697. The van der Waals surface area contributed by atoms with Crippen LogP contribution in [0.3, 0.4) is 0 Å². The third-order valence-corrected chi connectivity index (χ3v) is 6.85. The minimum Gasteiger partial charge on any atom is -0.496 e. The van der Waals surface area contributed by atoms with Crippen LogP contribution >= 0.6 is 0 Å². The highest BCUT2D eigenvalue weighted by Gasteiger charge is 2.54. The predicted molar refractivity (Wildman–Crippen MR) is 105 cm³/mol. The van der Waals surface area contributed by atoms with Gasteiger partial charge in [-0.05, 0) is 80.9 Å². The smallest absolute Gasteiger partial charge is 0.125 e. The first-order valence-corrected chi connectivity index (χ1v) is 10.4. The van der Waals surface area contributed by atoms with Gasteiger partial charge >= 0.3 is 0 Å². The van der Waals surface area contributed by atoms with E-state index in [2.05, 4.69) is 12.1 Å². The average molecular weight is 373 g/mol. The van der Waals surface area contributed by atoms with Gasteiger partial charge in [-0.2, -0.15) is 0 Å². The summed E-state index contributed by atoms with van der Waals surface area (Å²) in [5, 5.41) is 9.29. The van der Waals surface area contributed by atoms with E-state index in [-0.39, 0.29) is 12.2 Å². The molecular formula is C23H32O4. The van der Waals surface area contributed by atoms with Crippen molar-refractivity contribution in [3.05, 3.63) is 35.4 Å². The Morgan fingerprint density at radius 2 is 2.15 bits per heavy atom. The molecule has 27 heavy (non-hydrogen) atoms. The number of methoxy groups -OCH3 is 1. The lowest BCUT2D eigenvalue weighted by Crippen LogP contribution is -2.54. The monoisotopic (exact) mass is 372 g/mol. The van der Waals surface area contributed by atoms with Crippen LogP contribution in [0.15, 0.2) is 29.8 Å². The van der Waals surface area contributed by atoms with Crippen molar-refractivity contribution in [2.45, 2.75) is 51.0 Å². The first-order chi connectivity index (χ1) is 13.2. The number of allylic oxidation sites excluding steroid dienone is 1. The zero-order valence-electron chi connectivity index (χ0n) is 16.6. The summed E-state index contributed by atoms with van der Waals surface area (Å²) in [4.78, 5) is 0. The first-order valence-electron chi connectivity index (χ1n) is 10.4. The molecule has 4 rings (SSSR count). The molecule has 3 aliphatic carbocycles. The number of fused-ring (bicyclic) bond motifs is 2. The molecule has 3 saturated carbocycles. The van der Waals surface area contributed by atoms with E-state index < -0.39 is 0 Å². The van der Waals surface area contributed by atoms with Gasteiger partial charge in [0.05, 0.1) is 32.5 Å². The lowest BCUT2D eigenvalue weighted by molar-refractivity contribution is -0.168. The summed E-state index contributed by atoms with van der Waals surface area (Å²) in [6.45, 7) is 3.25. The molecule has 4 nitrogen and oxygen atoms in total.